The van der Waals surface area contributed by atoms with Crippen LogP contribution in [-0.4, -0.2) is 30.0 Å². The van der Waals surface area contributed by atoms with E-state index >= 15 is 0 Å². The molecular weight excluding hydrogens is 380 g/mol. The standard InChI is InChI=1S/C16H24FN3.HI/c1-15(2)11-20(16(15,3)4)14(18-5)19-10-12-6-8-13(17)9-7-12;/h6-9H,10-11H2,1-5H3,(H,18,19);1H. The molecule has 0 aliphatic carbocycles. The van der Waals surface area contributed by atoms with Crippen LogP contribution in [0.3, 0.4) is 0 Å². The lowest BCUT2D eigenvalue weighted by Crippen LogP contribution is -2.72. The van der Waals surface area contributed by atoms with Gasteiger partial charge in [-0.1, -0.05) is 26.0 Å². The summed E-state index contributed by atoms with van der Waals surface area (Å²) in [5, 5.41) is 3.35. The zero-order chi connectivity index (χ0) is 15.0. The van der Waals surface area contributed by atoms with Crippen molar-refractivity contribution in [2.45, 2.75) is 39.8 Å². The number of aliphatic imine (C=N–C) groups is 1. The molecule has 1 aromatic rings. The van der Waals surface area contributed by atoms with Crippen molar-refractivity contribution in [3.05, 3.63) is 35.6 Å². The van der Waals surface area contributed by atoms with E-state index < -0.39 is 0 Å². The van der Waals surface area contributed by atoms with Crippen LogP contribution >= 0.6 is 24.0 Å². The summed E-state index contributed by atoms with van der Waals surface area (Å²) in [5.41, 5.74) is 1.41. The normalized spacial score (nSPS) is 19.5. The van der Waals surface area contributed by atoms with Gasteiger partial charge in [0.05, 0.1) is 0 Å². The van der Waals surface area contributed by atoms with Gasteiger partial charge in [0.15, 0.2) is 5.96 Å². The van der Waals surface area contributed by atoms with Gasteiger partial charge in [-0.05, 0) is 31.5 Å². The summed E-state index contributed by atoms with van der Waals surface area (Å²) in [5.74, 6) is 0.697. The van der Waals surface area contributed by atoms with E-state index in [2.05, 4.69) is 42.9 Å². The third kappa shape index (κ3) is 3.49. The Balaban J connectivity index is 0.00000220. The predicted molar refractivity (Wildman–Crippen MR) is 96.6 cm³/mol. The van der Waals surface area contributed by atoms with Crippen molar-refractivity contribution < 1.29 is 4.39 Å². The van der Waals surface area contributed by atoms with Gasteiger partial charge in [0, 0.05) is 31.1 Å². The van der Waals surface area contributed by atoms with Crippen LogP contribution in [0.4, 0.5) is 4.39 Å². The van der Waals surface area contributed by atoms with Crippen LogP contribution in [-0.2, 0) is 6.54 Å². The van der Waals surface area contributed by atoms with Crippen molar-refractivity contribution in [1.29, 1.82) is 0 Å². The van der Waals surface area contributed by atoms with Crippen molar-refractivity contribution in [3.8, 4) is 0 Å². The zero-order valence-electron chi connectivity index (χ0n) is 13.4. The average Bonchev–Trinajstić information content (AvgIpc) is 2.40. The van der Waals surface area contributed by atoms with Gasteiger partial charge in [-0.3, -0.25) is 4.99 Å². The largest absolute Gasteiger partial charge is 0.352 e. The number of hydrogen-bond acceptors (Lipinski definition) is 1. The van der Waals surface area contributed by atoms with E-state index in [0.29, 0.717) is 6.54 Å². The van der Waals surface area contributed by atoms with Crippen LogP contribution in [0, 0.1) is 11.2 Å². The van der Waals surface area contributed by atoms with Crippen LogP contribution in [0.5, 0.6) is 0 Å². The lowest BCUT2D eigenvalue weighted by molar-refractivity contribution is -0.0667. The monoisotopic (exact) mass is 405 g/mol. The van der Waals surface area contributed by atoms with Crippen LogP contribution in [0.25, 0.3) is 0 Å². The molecule has 0 aromatic heterocycles. The van der Waals surface area contributed by atoms with E-state index in [1.807, 2.05) is 0 Å². The van der Waals surface area contributed by atoms with Crippen molar-refractivity contribution >= 4 is 29.9 Å². The van der Waals surface area contributed by atoms with Gasteiger partial charge in [0.2, 0.25) is 0 Å². The Kier molecular flexibility index (Phi) is 5.63. The molecule has 1 N–H and O–H groups in total. The smallest absolute Gasteiger partial charge is 0.194 e. The van der Waals surface area contributed by atoms with Crippen molar-refractivity contribution in [3.63, 3.8) is 0 Å². The fourth-order valence-electron chi connectivity index (χ4n) is 2.48. The third-order valence-corrected chi connectivity index (χ3v) is 4.72. The van der Waals surface area contributed by atoms with Crippen molar-refractivity contribution in [2.75, 3.05) is 13.6 Å². The lowest BCUT2D eigenvalue weighted by atomic mass is 9.65. The first-order chi connectivity index (χ1) is 9.28. The SMILES string of the molecule is CN=C(NCc1ccc(F)cc1)N1CC(C)(C)C1(C)C.I. The van der Waals surface area contributed by atoms with E-state index in [1.54, 1.807) is 19.2 Å². The van der Waals surface area contributed by atoms with Crippen LogP contribution in [0.2, 0.25) is 0 Å². The summed E-state index contributed by atoms with van der Waals surface area (Å²) in [6, 6.07) is 6.55. The second-order valence-corrected chi connectivity index (χ2v) is 6.56. The Bertz CT molecular complexity index is 509. The molecule has 0 bridgehead atoms. The lowest BCUT2D eigenvalue weighted by Gasteiger charge is -2.62. The second-order valence-electron chi connectivity index (χ2n) is 6.56. The van der Waals surface area contributed by atoms with Gasteiger partial charge >= 0.3 is 0 Å². The first kappa shape index (κ1) is 18.2. The minimum atomic E-state index is -0.205. The van der Waals surface area contributed by atoms with Gasteiger partial charge in [-0.2, -0.15) is 0 Å². The molecule has 1 aromatic carbocycles. The van der Waals surface area contributed by atoms with E-state index in [4.69, 9.17) is 0 Å². The van der Waals surface area contributed by atoms with Crippen LogP contribution in [0.15, 0.2) is 29.3 Å². The fourth-order valence-corrected chi connectivity index (χ4v) is 2.48. The second kappa shape index (κ2) is 6.50. The number of rotatable bonds is 2. The molecule has 1 aliphatic rings. The predicted octanol–water partition coefficient (Wildman–Crippen LogP) is 3.64. The summed E-state index contributed by atoms with van der Waals surface area (Å²) < 4.78 is 12.9. The Hall–Kier alpha value is -0.850. The number of benzene rings is 1. The van der Waals surface area contributed by atoms with E-state index in [9.17, 15) is 4.39 Å². The minimum absolute atomic E-state index is 0. The van der Waals surface area contributed by atoms with Crippen LogP contribution in [0.1, 0.15) is 33.3 Å². The maximum Gasteiger partial charge on any atom is 0.194 e. The first-order valence-electron chi connectivity index (χ1n) is 7.01. The maximum absolute atomic E-state index is 12.9. The molecule has 1 saturated heterocycles. The topological polar surface area (TPSA) is 27.6 Å². The van der Waals surface area contributed by atoms with Gasteiger partial charge in [0.1, 0.15) is 5.82 Å². The minimum Gasteiger partial charge on any atom is -0.352 e. The Morgan fingerprint density at radius 3 is 2.24 bits per heavy atom. The number of halogens is 2. The molecule has 3 nitrogen and oxygen atoms in total. The molecule has 0 amide bonds. The number of guanidine groups is 1. The molecule has 1 fully saturated rings. The Morgan fingerprint density at radius 2 is 1.81 bits per heavy atom. The highest BCUT2D eigenvalue weighted by molar-refractivity contribution is 14.0. The molecule has 2 rings (SSSR count). The molecule has 1 heterocycles. The van der Waals surface area contributed by atoms with Crippen molar-refractivity contribution in [1.82, 2.24) is 10.2 Å². The summed E-state index contributed by atoms with van der Waals surface area (Å²) in [6.45, 7) is 10.7. The number of hydrogen-bond donors (Lipinski definition) is 1. The number of likely N-dealkylation sites (tertiary alicyclic amines) is 1. The zero-order valence-corrected chi connectivity index (χ0v) is 15.7. The van der Waals surface area contributed by atoms with Gasteiger partial charge in [-0.15, -0.1) is 24.0 Å². The molecule has 0 saturated carbocycles. The molecule has 0 spiro atoms. The Morgan fingerprint density at radius 1 is 1.24 bits per heavy atom. The molecule has 21 heavy (non-hydrogen) atoms. The molecule has 5 heteroatoms. The summed E-state index contributed by atoms with van der Waals surface area (Å²) in [6.07, 6.45) is 0. The fraction of sp³-hybridized carbons (Fsp3) is 0.562. The quantitative estimate of drug-likeness (QED) is 0.462. The Labute approximate surface area is 144 Å². The molecular formula is C16H25FIN3. The number of nitrogens with zero attached hydrogens (tertiary/aromatic N) is 2. The van der Waals surface area contributed by atoms with Crippen LogP contribution < -0.4 is 5.32 Å². The van der Waals surface area contributed by atoms with E-state index in [0.717, 1.165) is 18.1 Å². The van der Waals surface area contributed by atoms with Crippen molar-refractivity contribution in [2.24, 2.45) is 10.4 Å². The van der Waals surface area contributed by atoms with E-state index in [1.165, 1.54) is 12.1 Å². The molecule has 0 atom stereocenters. The third-order valence-electron chi connectivity index (χ3n) is 4.72. The summed E-state index contributed by atoms with van der Waals surface area (Å²) in [7, 11) is 1.80. The number of nitrogens with one attached hydrogen (secondary N) is 1. The highest BCUT2D eigenvalue weighted by Crippen LogP contribution is 2.46. The van der Waals surface area contributed by atoms with Gasteiger partial charge in [-0.25, -0.2) is 4.39 Å². The summed E-state index contributed by atoms with van der Waals surface area (Å²) in [4.78, 5) is 6.65. The van der Waals surface area contributed by atoms with E-state index in [-0.39, 0.29) is 40.7 Å². The highest BCUT2D eigenvalue weighted by Gasteiger charge is 2.53. The molecule has 0 unspecified atom stereocenters. The molecule has 1 aliphatic heterocycles. The highest BCUT2D eigenvalue weighted by atomic mass is 127. The van der Waals surface area contributed by atoms with Gasteiger partial charge < -0.3 is 10.2 Å². The molecule has 0 radical (unpaired) electrons. The maximum atomic E-state index is 12.9. The molecule has 118 valence electrons. The average molecular weight is 405 g/mol. The van der Waals surface area contributed by atoms with Gasteiger partial charge in [0.25, 0.3) is 0 Å². The summed E-state index contributed by atoms with van der Waals surface area (Å²) >= 11 is 0. The first-order valence-corrected chi connectivity index (χ1v) is 7.01.